The van der Waals surface area contributed by atoms with E-state index in [1.54, 1.807) is 0 Å². The average molecular weight is 274 g/mol. The maximum atomic E-state index is 13.0. The highest BCUT2D eigenvalue weighted by Gasteiger charge is 2.08. The average Bonchev–Trinajstić information content (AvgIpc) is 2.22. The summed E-state index contributed by atoms with van der Waals surface area (Å²) in [6.45, 7) is 5.22. The molecule has 0 N–H and O–H groups in total. The highest BCUT2D eigenvalue weighted by atomic mass is 79.9. The van der Waals surface area contributed by atoms with Crippen molar-refractivity contribution < 1.29 is 4.39 Å². The van der Waals surface area contributed by atoms with Crippen LogP contribution in [-0.2, 0) is 6.54 Å². The number of nitrogens with zero attached hydrogens (tertiary/aromatic N) is 1. The van der Waals surface area contributed by atoms with Crippen molar-refractivity contribution in [3.63, 3.8) is 0 Å². The van der Waals surface area contributed by atoms with E-state index in [0.717, 1.165) is 18.5 Å². The molecule has 0 fully saturated rings. The van der Waals surface area contributed by atoms with E-state index in [9.17, 15) is 4.39 Å². The van der Waals surface area contributed by atoms with Crippen LogP contribution in [0.15, 0.2) is 22.7 Å². The molecule has 0 saturated carbocycles. The van der Waals surface area contributed by atoms with Gasteiger partial charge in [-0.15, -0.1) is 0 Å². The lowest BCUT2D eigenvalue weighted by Crippen LogP contribution is -2.27. The topological polar surface area (TPSA) is 3.24 Å². The van der Waals surface area contributed by atoms with E-state index in [2.05, 4.69) is 41.7 Å². The summed E-state index contributed by atoms with van der Waals surface area (Å²) in [6.07, 6.45) is 1.12. The summed E-state index contributed by atoms with van der Waals surface area (Å²) in [4.78, 5) is 2.26. The van der Waals surface area contributed by atoms with Gasteiger partial charge in [-0.25, -0.2) is 4.39 Å². The summed E-state index contributed by atoms with van der Waals surface area (Å²) in [6, 6.07) is 5.73. The van der Waals surface area contributed by atoms with Gasteiger partial charge in [0.2, 0.25) is 0 Å². The van der Waals surface area contributed by atoms with Gasteiger partial charge < -0.3 is 0 Å². The molecule has 1 aromatic rings. The van der Waals surface area contributed by atoms with Crippen molar-refractivity contribution in [2.24, 2.45) is 0 Å². The van der Waals surface area contributed by atoms with Crippen LogP contribution in [0.4, 0.5) is 4.39 Å². The summed E-state index contributed by atoms with van der Waals surface area (Å²) in [5, 5.41) is 0. The maximum Gasteiger partial charge on any atom is 0.137 e. The van der Waals surface area contributed by atoms with Gasteiger partial charge >= 0.3 is 0 Å². The number of benzene rings is 1. The number of rotatable bonds is 4. The van der Waals surface area contributed by atoms with Gasteiger partial charge in [0.1, 0.15) is 5.82 Å². The van der Waals surface area contributed by atoms with E-state index in [4.69, 9.17) is 0 Å². The molecule has 0 aliphatic heterocycles. The molecule has 0 radical (unpaired) electrons. The first kappa shape index (κ1) is 12.7. The highest BCUT2D eigenvalue weighted by Crippen LogP contribution is 2.18. The summed E-state index contributed by atoms with van der Waals surface area (Å²) in [5.41, 5.74) is 1.13. The molecule has 0 aliphatic rings. The van der Waals surface area contributed by atoms with Crippen LogP contribution in [0.3, 0.4) is 0 Å². The van der Waals surface area contributed by atoms with Crippen molar-refractivity contribution >= 4 is 15.9 Å². The first-order chi connectivity index (χ1) is 7.04. The lowest BCUT2D eigenvalue weighted by atomic mass is 10.1. The molecule has 15 heavy (non-hydrogen) atoms. The monoisotopic (exact) mass is 273 g/mol. The van der Waals surface area contributed by atoms with Gasteiger partial charge in [0, 0.05) is 12.6 Å². The van der Waals surface area contributed by atoms with Crippen LogP contribution in [-0.4, -0.2) is 18.0 Å². The van der Waals surface area contributed by atoms with Crippen molar-refractivity contribution in [3.8, 4) is 0 Å². The van der Waals surface area contributed by atoms with Gasteiger partial charge in [0.25, 0.3) is 0 Å². The number of halogens is 2. The standard InChI is InChI=1S/C12H17BrFN/c1-4-9(2)15(3)8-10-5-6-12(14)11(13)7-10/h5-7,9H,4,8H2,1-3H3. The highest BCUT2D eigenvalue weighted by molar-refractivity contribution is 9.10. The Morgan fingerprint density at radius 1 is 1.47 bits per heavy atom. The third kappa shape index (κ3) is 3.58. The molecule has 1 nitrogen and oxygen atoms in total. The van der Waals surface area contributed by atoms with Crippen molar-refractivity contribution in [3.05, 3.63) is 34.1 Å². The normalized spacial score (nSPS) is 13.2. The van der Waals surface area contributed by atoms with E-state index in [1.807, 2.05) is 12.1 Å². The minimum Gasteiger partial charge on any atom is -0.299 e. The zero-order valence-electron chi connectivity index (χ0n) is 9.43. The smallest absolute Gasteiger partial charge is 0.137 e. The molecule has 1 aromatic carbocycles. The van der Waals surface area contributed by atoms with Crippen molar-refractivity contribution in [2.45, 2.75) is 32.9 Å². The van der Waals surface area contributed by atoms with Crippen LogP contribution < -0.4 is 0 Å². The lowest BCUT2D eigenvalue weighted by molar-refractivity contribution is 0.244. The predicted molar refractivity (Wildman–Crippen MR) is 65.3 cm³/mol. The molecule has 0 amide bonds. The number of hydrogen-bond acceptors (Lipinski definition) is 1. The van der Waals surface area contributed by atoms with Crippen molar-refractivity contribution in [1.82, 2.24) is 4.90 Å². The van der Waals surface area contributed by atoms with Crippen LogP contribution in [0.25, 0.3) is 0 Å². The second-order valence-corrected chi connectivity index (χ2v) is 4.78. The van der Waals surface area contributed by atoms with Gasteiger partial charge in [-0.3, -0.25) is 4.90 Å². The second kappa shape index (κ2) is 5.61. The summed E-state index contributed by atoms with van der Waals surface area (Å²) in [5.74, 6) is -0.204. The molecule has 0 heterocycles. The molecule has 1 unspecified atom stereocenters. The van der Waals surface area contributed by atoms with Gasteiger partial charge in [-0.2, -0.15) is 0 Å². The Labute approximate surface area is 99.4 Å². The van der Waals surface area contributed by atoms with Gasteiger partial charge in [0.15, 0.2) is 0 Å². The summed E-state index contributed by atoms with van der Waals surface area (Å²) < 4.78 is 13.5. The predicted octanol–water partition coefficient (Wildman–Crippen LogP) is 3.82. The third-order valence-electron chi connectivity index (χ3n) is 2.76. The third-order valence-corrected chi connectivity index (χ3v) is 3.37. The Balaban J connectivity index is 2.68. The largest absolute Gasteiger partial charge is 0.299 e. The molecule has 1 rings (SSSR count). The fourth-order valence-electron chi connectivity index (χ4n) is 1.39. The molecular formula is C12H17BrFN. The van der Waals surface area contributed by atoms with E-state index >= 15 is 0 Å². The zero-order valence-corrected chi connectivity index (χ0v) is 11.0. The first-order valence-electron chi connectivity index (χ1n) is 5.18. The molecule has 0 spiro atoms. The van der Waals surface area contributed by atoms with Crippen LogP contribution in [0, 0.1) is 5.82 Å². The van der Waals surface area contributed by atoms with E-state index in [1.165, 1.54) is 6.07 Å². The molecule has 84 valence electrons. The minimum absolute atomic E-state index is 0.204. The quantitative estimate of drug-likeness (QED) is 0.806. The fourth-order valence-corrected chi connectivity index (χ4v) is 1.82. The Kier molecular flexibility index (Phi) is 4.74. The van der Waals surface area contributed by atoms with Gasteiger partial charge in [-0.05, 0) is 54.0 Å². The summed E-state index contributed by atoms with van der Waals surface area (Å²) in [7, 11) is 2.09. The SMILES string of the molecule is CCC(C)N(C)Cc1ccc(F)c(Br)c1. The van der Waals surface area contributed by atoms with E-state index in [0.29, 0.717) is 10.5 Å². The van der Waals surface area contributed by atoms with Gasteiger partial charge in [0.05, 0.1) is 4.47 Å². The Morgan fingerprint density at radius 3 is 2.67 bits per heavy atom. The lowest BCUT2D eigenvalue weighted by Gasteiger charge is -2.23. The molecule has 3 heteroatoms. The van der Waals surface area contributed by atoms with Crippen LogP contribution >= 0.6 is 15.9 Å². The van der Waals surface area contributed by atoms with Crippen molar-refractivity contribution in [2.75, 3.05) is 7.05 Å². The van der Waals surface area contributed by atoms with E-state index in [-0.39, 0.29) is 5.82 Å². The first-order valence-corrected chi connectivity index (χ1v) is 5.98. The minimum atomic E-state index is -0.204. The zero-order chi connectivity index (χ0) is 11.4. The fraction of sp³-hybridized carbons (Fsp3) is 0.500. The van der Waals surface area contributed by atoms with Crippen LogP contribution in [0.1, 0.15) is 25.8 Å². The number of hydrogen-bond donors (Lipinski definition) is 0. The summed E-state index contributed by atoms with van der Waals surface area (Å²) >= 11 is 3.20. The molecule has 0 bridgehead atoms. The van der Waals surface area contributed by atoms with Crippen LogP contribution in [0.5, 0.6) is 0 Å². The van der Waals surface area contributed by atoms with Crippen LogP contribution in [0.2, 0.25) is 0 Å². The Bertz CT molecular complexity index is 327. The second-order valence-electron chi connectivity index (χ2n) is 3.92. The maximum absolute atomic E-state index is 13.0. The molecular weight excluding hydrogens is 257 g/mol. The molecule has 0 aliphatic carbocycles. The van der Waals surface area contributed by atoms with Gasteiger partial charge in [-0.1, -0.05) is 13.0 Å². The Morgan fingerprint density at radius 2 is 2.13 bits per heavy atom. The molecule has 0 aromatic heterocycles. The Hall–Kier alpha value is -0.410. The molecule has 1 atom stereocenters. The van der Waals surface area contributed by atoms with Crippen molar-refractivity contribution in [1.29, 1.82) is 0 Å². The molecule has 0 saturated heterocycles. The van der Waals surface area contributed by atoms with E-state index < -0.39 is 0 Å².